The molecule has 0 radical (unpaired) electrons. The number of aliphatic hydroxyl groups is 1. The molecule has 0 saturated heterocycles. The summed E-state index contributed by atoms with van der Waals surface area (Å²) in [6.07, 6.45) is 0.494. The number of nitrogens with one attached hydrogen (secondary N) is 1. The fourth-order valence-electron chi connectivity index (χ4n) is 1.88. The number of thiazole rings is 1. The lowest BCUT2D eigenvalue weighted by atomic mass is 10.0. The lowest BCUT2D eigenvalue weighted by Crippen LogP contribution is -2.29. The first-order valence-electron chi connectivity index (χ1n) is 6.09. The van der Waals surface area contributed by atoms with Crippen molar-refractivity contribution in [2.24, 2.45) is 0 Å². The van der Waals surface area contributed by atoms with Crippen LogP contribution in [0.2, 0.25) is 0 Å². The van der Waals surface area contributed by atoms with Crippen LogP contribution < -0.4 is 5.32 Å². The Labute approximate surface area is 116 Å². The predicted octanol–water partition coefficient (Wildman–Crippen LogP) is 2.31. The third kappa shape index (κ3) is 3.39. The van der Waals surface area contributed by atoms with Crippen molar-refractivity contribution in [3.05, 3.63) is 52.0 Å². The van der Waals surface area contributed by atoms with Crippen LogP contribution in [-0.4, -0.2) is 22.6 Å². The van der Waals surface area contributed by atoms with Gasteiger partial charge < -0.3 is 10.4 Å². The van der Waals surface area contributed by atoms with Crippen molar-refractivity contribution < 1.29 is 9.90 Å². The summed E-state index contributed by atoms with van der Waals surface area (Å²) >= 11 is 1.33. The quantitative estimate of drug-likeness (QED) is 0.881. The van der Waals surface area contributed by atoms with Gasteiger partial charge in [0.15, 0.2) is 0 Å². The van der Waals surface area contributed by atoms with Crippen LogP contribution in [0.3, 0.4) is 0 Å². The molecule has 1 aromatic heterocycles. The van der Waals surface area contributed by atoms with Gasteiger partial charge in [-0.3, -0.25) is 4.79 Å². The highest BCUT2D eigenvalue weighted by atomic mass is 32.1. The second-order valence-electron chi connectivity index (χ2n) is 4.22. The fraction of sp³-hybridized carbons (Fsp3) is 0.286. The zero-order valence-electron chi connectivity index (χ0n) is 10.7. The highest BCUT2D eigenvalue weighted by Gasteiger charge is 2.17. The van der Waals surface area contributed by atoms with E-state index in [1.807, 2.05) is 37.3 Å². The maximum absolute atomic E-state index is 12.2. The number of rotatable bonds is 5. The average Bonchev–Trinajstić information content (AvgIpc) is 2.85. The summed E-state index contributed by atoms with van der Waals surface area (Å²) in [5, 5.41) is 12.1. The van der Waals surface area contributed by atoms with Crippen molar-refractivity contribution in [3.8, 4) is 0 Å². The number of hydrogen-bond acceptors (Lipinski definition) is 4. The van der Waals surface area contributed by atoms with E-state index < -0.39 is 0 Å². The van der Waals surface area contributed by atoms with Gasteiger partial charge in [0, 0.05) is 6.61 Å². The Morgan fingerprint density at radius 2 is 2.16 bits per heavy atom. The first kappa shape index (κ1) is 13.7. The molecule has 0 fully saturated rings. The number of amides is 1. The minimum absolute atomic E-state index is 0.0293. The molecule has 1 unspecified atom stereocenters. The van der Waals surface area contributed by atoms with E-state index in [4.69, 9.17) is 5.11 Å². The Hall–Kier alpha value is -1.72. The fourth-order valence-corrected chi connectivity index (χ4v) is 2.59. The van der Waals surface area contributed by atoms with Crippen LogP contribution in [0.15, 0.2) is 35.8 Å². The molecule has 2 aromatic rings. The highest BCUT2D eigenvalue weighted by Crippen LogP contribution is 2.19. The molecular weight excluding hydrogens is 260 g/mol. The van der Waals surface area contributed by atoms with E-state index in [2.05, 4.69) is 10.3 Å². The van der Waals surface area contributed by atoms with Gasteiger partial charge in [0.2, 0.25) is 0 Å². The van der Waals surface area contributed by atoms with E-state index in [1.54, 1.807) is 5.51 Å². The molecule has 0 aliphatic carbocycles. The summed E-state index contributed by atoms with van der Waals surface area (Å²) < 4.78 is 0. The third-order valence-corrected chi connectivity index (χ3v) is 3.80. The summed E-state index contributed by atoms with van der Waals surface area (Å²) in [6, 6.07) is 9.47. The maximum Gasteiger partial charge on any atom is 0.263 e. The van der Waals surface area contributed by atoms with Gasteiger partial charge in [-0.1, -0.05) is 30.3 Å². The molecule has 19 heavy (non-hydrogen) atoms. The SMILES string of the molecule is Cc1ncsc1C(=O)NC(CCO)c1ccccc1. The summed E-state index contributed by atoms with van der Waals surface area (Å²) in [6.45, 7) is 1.84. The monoisotopic (exact) mass is 276 g/mol. The number of aryl methyl sites for hydroxylation is 1. The van der Waals surface area contributed by atoms with Gasteiger partial charge >= 0.3 is 0 Å². The first-order chi connectivity index (χ1) is 9.22. The van der Waals surface area contributed by atoms with Gasteiger partial charge in [0.05, 0.1) is 17.2 Å². The molecule has 1 atom stereocenters. The predicted molar refractivity (Wildman–Crippen MR) is 75.2 cm³/mol. The molecule has 0 spiro atoms. The molecule has 2 N–H and O–H groups in total. The molecule has 0 aliphatic heterocycles. The number of aliphatic hydroxyl groups excluding tert-OH is 1. The van der Waals surface area contributed by atoms with Crippen molar-refractivity contribution in [3.63, 3.8) is 0 Å². The van der Waals surface area contributed by atoms with Crippen molar-refractivity contribution in [2.45, 2.75) is 19.4 Å². The van der Waals surface area contributed by atoms with E-state index in [1.165, 1.54) is 11.3 Å². The lowest BCUT2D eigenvalue weighted by Gasteiger charge is -2.18. The van der Waals surface area contributed by atoms with Crippen molar-refractivity contribution in [2.75, 3.05) is 6.61 Å². The Morgan fingerprint density at radius 1 is 1.42 bits per heavy atom. The van der Waals surface area contributed by atoms with Crippen LogP contribution in [0.1, 0.15) is 33.4 Å². The third-order valence-electron chi connectivity index (χ3n) is 2.88. The molecule has 0 saturated carbocycles. The average molecular weight is 276 g/mol. The molecule has 1 aromatic carbocycles. The van der Waals surface area contributed by atoms with Crippen LogP contribution in [0, 0.1) is 6.92 Å². The Kier molecular flexibility index (Phi) is 4.65. The Morgan fingerprint density at radius 3 is 2.74 bits per heavy atom. The Balaban J connectivity index is 2.14. The van der Waals surface area contributed by atoms with Crippen LogP contribution in [0.5, 0.6) is 0 Å². The Bertz CT molecular complexity index is 539. The van der Waals surface area contributed by atoms with Gasteiger partial charge in [-0.15, -0.1) is 11.3 Å². The van der Waals surface area contributed by atoms with Crippen molar-refractivity contribution >= 4 is 17.2 Å². The molecule has 2 rings (SSSR count). The second-order valence-corrected chi connectivity index (χ2v) is 5.07. The van der Waals surface area contributed by atoms with E-state index in [0.29, 0.717) is 11.3 Å². The smallest absolute Gasteiger partial charge is 0.263 e. The molecule has 1 amide bonds. The number of aromatic nitrogens is 1. The number of benzene rings is 1. The van der Waals surface area contributed by atoms with Crippen molar-refractivity contribution in [1.82, 2.24) is 10.3 Å². The van der Waals surface area contributed by atoms with Gasteiger partial charge in [-0.25, -0.2) is 4.98 Å². The van der Waals surface area contributed by atoms with Crippen LogP contribution in [0.25, 0.3) is 0 Å². The summed E-state index contributed by atoms with van der Waals surface area (Å²) in [5.41, 5.74) is 3.39. The van der Waals surface area contributed by atoms with Gasteiger partial charge in [0.1, 0.15) is 4.88 Å². The second kappa shape index (κ2) is 6.45. The van der Waals surface area contributed by atoms with E-state index >= 15 is 0 Å². The standard InChI is InChI=1S/C14H16N2O2S/c1-10-13(19-9-15-10)14(18)16-12(7-8-17)11-5-3-2-4-6-11/h2-6,9,12,17H,7-8H2,1H3,(H,16,18). The summed E-state index contributed by atoms with van der Waals surface area (Å²) in [5.74, 6) is -0.137. The summed E-state index contributed by atoms with van der Waals surface area (Å²) in [7, 11) is 0. The van der Waals surface area contributed by atoms with E-state index in [-0.39, 0.29) is 18.6 Å². The number of hydrogen-bond donors (Lipinski definition) is 2. The van der Waals surface area contributed by atoms with Crippen molar-refractivity contribution in [1.29, 1.82) is 0 Å². The van der Waals surface area contributed by atoms with Crippen LogP contribution in [0.4, 0.5) is 0 Å². The normalized spacial score (nSPS) is 12.1. The highest BCUT2D eigenvalue weighted by molar-refractivity contribution is 7.11. The largest absolute Gasteiger partial charge is 0.396 e. The molecular formula is C14H16N2O2S. The van der Waals surface area contributed by atoms with Crippen LogP contribution in [-0.2, 0) is 0 Å². The molecule has 100 valence electrons. The molecule has 0 bridgehead atoms. The zero-order valence-corrected chi connectivity index (χ0v) is 11.5. The molecule has 1 heterocycles. The summed E-state index contributed by atoms with van der Waals surface area (Å²) in [4.78, 5) is 16.9. The number of carbonyl (C=O) groups excluding carboxylic acids is 1. The molecule has 5 heteroatoms. The first-order valence-corrected chi connectivity index (χ1v) is 6.97. The number of nitrogens with zero attached hydrogens (tertiary/aromatic N) is 1. The lowest BCUT2D eigenvalue weighted by molar-refractivity contribution is 0.0933. The van der Waals surface area contributed by atoms with Gasteiger partial charge in [-0.05, 0) is 18.9 Å². The van der Waals surface area contributed by atoms with Gasteiger partial charge in [0.25, 0.3) is 5.91 Å². The van der Waals surface area contributed by atoms with Gasteiger partial charge in [-0.2, -0.15) is 0 Å². The molecule has 4 nitrogen and oxygen atoms in total. The zero-order chi connectivity index (χ0) is 13.7. The van der Waals surface area contributed by atoms with E-state index in [0.717, 1.165) is 11.3 Å². The molecule has 0 aliphatic rings. The van der Waals surface area contributed by atoms with E-state index in [9.17, 15) is 4.79 Å². The minimum Gasteiger partial charge on any atom is -0.396 e. The topological polar surface area (TPSA) is 62.2 Å². The number of carbonyl (C=O) groups is 1. The van der Waals surface area contributed by atoms with Crippen LogP contribution >= 0.6 is 11.3 Å². The maximum atomic E-state index is 12.2. The minimum atomic E-state index is -0.180.